The predicted octanol–water partition coefficient (Wildman–Crippen LogP) is 2.88. The highest BCUT2D eigenvalue weighted by Gasteiger charge is 2.24. The zero-order chi connectivity index (χ0) is 15.4. The van der Waals surface area contributed by atoms with Crippen molar-refractivity contribution in [1.29, 1.82) is 0 Å². The normalized spacial score (nSPS) is 14.4. The standard InChI is InChI=1S/C16H27N3O/c1-10(2)12(4)19(6)13(5)16(20)18-15-9-14(17)8-7-11(15)3/h7-10,12-13H,17H2,1-6H3,(H,18,20). The first-order valence-corrected chi connectivity index (χ1v) is 7.13. The third-order valence-corrected chi connectivity index (χ3v) is 4.12. The lowest BCUT2D eigenvalue weighted by molar-refractivity contribution is -0.121. The van der Waals surface area contributed by atoms with Crippen LogP contribution >= 0.6 is 0 Å². The summed E-state index contributed by atoms with van der Waals surface area (Å²) in [7, 11) is 1.99. The van der Waals surface area contributed by atoms with Crippen molar-refractivity contribution in [2.75, 3.05) is 18.1 Å². The topological polar surface area (TPSA) is 58.4 Å². The van der Waals surface area contributed by atoms with Gasteiger partial charge in [0, 0.05) is 17.4 Å². The van der Waals surface area contributed by atoms with Crippen LogP contribution in [0.15, 0.2) is 18.2 Å². The van der Waals surface area contributed by atoms with Crippen LogP contribution in [0.25, 0.3) is 0 Å². The highest BCUT2D eigenvalue weighted by Crippen LogP contribution is 2.19. The summed E-state index contributed by atoms with van der Waals surface area (Å²) >= 11 is 0. The smallest absolute Gasteiger partial charge is 0.241 e. The Hall–Kier alpha value is -1.55. The van der Waals surface area contributed by atoms with Gasteiger partial charge in [0.15, 0.2) is 0 Å². The van der Waals surface area contributed by atoms with E-state index < -0.39 is 0 Å². The molecule has 3 N–H and O–H groups in total. The number of amides is 1. The minimum Gasteiger partial charge on any atom is -0.399 e. The van der Waals surface area contributed by atoms with E-state index in [1.54, 1.807) is 6.07 Å². The number of nitrogens with two attached hydrogens (primary N) is 1. The molecule has 0 spiro atoms. The maximum Gasteiger partial charge on any atom is 0.241 e. The maximum absolute atomic E-state index is 12.4. The lowest BCUT2D eigenvalue weighted by Gasteiger charge is -2.32. The minimum atomic E-state index is -0.187. The van der Waals surface area contributed by atoms with E-state index in [0.717, 1.165) is 11.3 Å². The fourth-order valence-corrected chi connectivity index (χ4v) is 2.02. The SMILES string of the molecule is Cc1ccc(N)cc1NC(=O)C(C)N(C)C(C)C(C)C. The number of carbonyl (C=O) groups is 1. The Morgan fingerprint density at radius 1 is 1.25 bits per heavy atom. The number of hydrogen-bond acceptors (Lipinski definition) is 3. The number of benzene rings is 1. The molecule has 4 nitrogen and oxygen atoms in total. The fourth-order valence-electron chi connectivity index (χ4n) is 2.02. The van der Waals surface area contributed by atoms with E-state index in [-0.39, 0.29) is 11.9 Å². The largest absolute Gasteiger partial charge is 0.399 e. The molecule has 112 valence electrons. The van der Waals surface area contributed by atoms with E-state index in [9.17, 15) is 4.79 Å². The number of carbonyl (C=O) groups excluding carboxylic acids is 1. The van der Waals surface area contributed by atoms with Crippen molar-refractivity contribution in [1.82, 2.24) is 4.90 Å². The van der Waals surface area contributed by atoms with Crippen LogP contribution in [-0.4, -0.2) is 29.9 Å². The highest BCUT2D eigenvalue weighted by molar-refractivity contribution is 5.95. The lowest BCUT2D eigenvalue weighted by Crippen LogP contribution is -2.46. The first kappa shape index (κ1) is 16.5. The Morgan fingerprint density at radius 3 is 2.40 bits per heavy atom. The number of anilines is 2. The molecule has 1 rings (SSSR count). The van der Waals surface area contributed by atoms with E-state index in [1.165, 1.54) is 0 Å². The molecular weight excluding hydrogens is 250 g/mol. The van der Waals surface area contributed by atoms with Crippen LogP contribution in [0.4, 0.5) is 11.4 Å². The number of nitrogen functional groups attached to an aromatic ring is 1. The van der Waals surface area contributed by atoms with Crippen molar-refractivity contribution in [3.63, 3.8) is 0 Å². The van der Waals surface area contributed by atoms with Crippen LogP contribution in [0.5, 0.6) is 0 Å². The second-order valence-electron chi connectivity index (χ2n) is 5.89. The Kier molecular flexibility index (Phi) is 5.57. The number of likely N-dealkylation sites (N-methyl/N-ethyl adjacent to an activating group) is 1. The molecule has 2 unspecified atom stereocenters. The Bertz CT molecular complexity index is 471. The van der Waals surface area contributed by atoms with Crippen LogP contribution in [0.2, 0.25) is 0 Å². The fraction of sp³-hybridized carbons (Fsp3) is 0.562. The number of nitrogens with one attached hydrogen (secondary N) is 1. The molecule has 20 heavy (non-hydrogen) atoms. The highest BCUT2D eigenvalue weighted by atomic mass is 16.2. The summed E-state index contributed by atoms with van der Waals surface area (Å²) in [6, 6.07) is 5.70. The van der Waals surface area contributed by atoms with Crippen molar-refractivity contribution in [3.8, 4) is 0 Å². The van der Waals surface area contributed by atoms with Crippen LogP contribution in [0.3, 0.4) is 0 Å². The molecule has 0 bridgehead atoms. The number of rotatable bonds is 5. The van der Waals surface area contributed by atoms with Gasteiger partial charge < -0.3 is 11.1 Å². The summed E-state index contributed by atoms with van der Waals surface area (Å²) in [5, 5.41) is 2.96. The van der Waals surface area contributed by atoms with Gasteiger partial charge >= 0.3 is 0 Å². The van der Waals surface area contributed by atoms with E-state index in [0.29, 0.717) is 17.6 Å². The molecule has 0 fully saturated rings. The number of aryl methyl sites for hydroxylation is 1. The third-order valence-electron chi connectivity index (χ3n) is 4.12. The molecule has 4 heteroatoms. The molecule has 2 atom stereocenters. The number of hydrogen-bond donors (Lipinski definition) is 2. The van der Waals surface area contributed by atoms with Crippen LogP contribution in [0, 0.1) is 12.8 Å². The summed E-state index contributed by atoms with van der Waals surface area (Å²) in [6.45, 7) is 10.3. The van der Waals surface area contributed by atoms with Gasteiger partial charge in [0.2, 0.25) is 5.91 Å². The van der Waals surface area contributed by atoms with Crippen molar-refractivity contribution < 1.29 is 4.79 Å². The number of nitrogens with zero attached hydrogens (tertiary/aromatic N) is 1. The molecule has 1 aromatic carbocycles. The van der Waals surface area contributed by atoms with Gasteiger partial charge in [-0.1, -0.05) is 19.9 Å². The Labute approximate surface area is 122 Å². The van der Waals surface area contributed by atoms with Crippen molar-refractivity contribution in [2.45, 2.75) is 46.7 Å². The zero-order valence-corrected chi connectivity index (χ0v) is 13.4. The molecule has 0 aliphatic heterocycles. The average molecular weight is 277 g/mol. The van der Waals surface area contributed by atoms with Gasteiger partial charge in [0.25, 0.3) is 0 Å². The summed E-state index contributed by atoms with van der Waals surface area (Å²) < 4.78 is 0. The maximum atomic E-state index is 12.4. The Balaban J connectivity index is 2.78. The van der Waals surface area contributed by atoms with Crippen molar-refractivity contribution in [2.24, 2.45) is 5.92 Å². The monoisotopic (exact) mass is 277 g/mol. The van der Waals surface area contributed by atoms with Gasteiger partial charge in [0.1, 0.15) is 0 Å². The Morgan fingerprint density at radius 2 is 1.85 bits per heavy atom. The van der Waals surface area contributed by atoms with Gasteiger partial charge in [-0.2, -0.15) is 0 Å². The van der Waals surface area contributed by atoms with E-state index in [1.807, 2.05) is 33.0 Å². The molecule has 0 aromatic heterocycles. The van der Waals surface area contributed by atoms with E-state index in [4.69, 9.17) is 5.73 Å². The molecule has 1 aromatic rings. The molecule has 1 amide bonds. The minimum absolute atomic E-state index is 0.00583. The first-order chi connectivity index (χ1) is 9.23. The van der Waals surface area contributed by atoms with Crippen LogP contribution in [0.1, 0.15) is 33.3 Å². The molecule has 0 heterocycles. The molecular formula is C16H27N3O. The summed E-state index contributed by atoms with van der Waals surface area (Å²) in [4.78, 5) is 14.4. The molecule has 0 aliphatic carbocycles. The van der Waals surface area contributed by atoms with Crippen molar-refractivity contribution in [3.05, 3.63) is 23.8 Å². The van der Waals surface area contributed by atoms with E-state index in [2.05, 4.69) is 31.0 Å². The predicted molar refractivity (Wildman–Crippen MR) is 85.7 cm³/mol. The van der Waals surface area contributed by atoms with Gasteiger partial charge in [-0.05, 0) is 51.4 Å². The van der Waals surface area contributed by atoms with Crippen molar-refractivity contribution >= 4 is 17.3 Å². The second kappa shape index (κ2) is 6.75. The summed E-state index contributed by atoms with van der Waals surface area (Å²) in [6.07, 6.45) is 0. The van der Waals surface area contributed by atoms with Gasteiger partial charge in [-0.15, -0.1) is 0 Å². The lowest BCUT2D eigenvalue weighted by atomic mass is 10.0. The zero-order valence-electron chi connectivity index (χ0n) is 13.4. The van der Waals surface area contributed by atoms with Gasteiger partial charge in [0.05, 0.1) is 6.04 Å². The molecule has 0 saturated carbocycles. The molecule has 0 saturated heterocycles. The molecule has 0 aliphatic rings. The quantitative estimate of drug-likeness (QED) is 0.814. The second-order valence-corrected chi connectivity index (χ2v) is 5.89. The summed E-state index contributed by atoms with van der Waals surface area (Å²) in [5.41, 5.74) is 8.22. The first-order valence-electron chi connectivity index (χ1n) is 7.13. The van der Waals surface area contributed by atoms with Gasteiger partial charge in [-0.25, -0.2) is 0 Å². The summed E-state index contributed by atoms with van der Waals surface area (Å²) in [5.74, 6) is 0.498. The van der Waals surface area contributed by atoms with Gasteiger partial charge in [-0.3, -0.25) is 9.69 Å². The average Bonchev–Trinajstić information content (AvgIpc) is 2.40. The van der Waals surface area contributed by atoms with Crippen LogP contribution < -0.4 is 11.1 Å². The van der Waals surface area contributed by atoms with Crippen LogP contribution in [-0.2, 0) is 4.79 Å². The third kappa shape index (κ3) is 3.97. The van der Waals surface area contributed by atoms with E-state index >= 15 is 0 Å². The molecule has 0 radical (unpaired) electrons.